The smallest absolute Gasteiger partial charge is 0.219 e. The highest BCUT2D eigenvalue weighted by Gasteiger charge is 2.25. The summed E-state index contributed by atoms with van der Waals surface area (Å²) in [7, 11) is 0. The van der Waals surface area contributed by atoms with Gasteiger partial charge < -0.3 is 10.2 Å². The average Bonchev–Trinajstić information content (AvgIpc) is 2.60. The molecule has 0 atom stereocenters. The second kappa shape index (κ2) is 8.28. The maximum Gasteiger partial charge on any atom is 0.219 e. The molecule has 1 amide bonds. The molecule has 0 spiro atoms. The van der Waals surface area contributed by atoms with Crippen LogP contribution < -0.4 is 5.32 Å². The number of nitrogens with zero attached hydrogens (tertiary/aromatic N) is 2. The van der Waals surface area contributed by atoms with Gasteiger partial charge in [0.15, 0.2) is 0 Å². The van der Waals surface area contributed by atoms with E-state index in [1.807, 2.05) is 11.0 Å². The van der Waals surface area contributed by atoms with Crippen LogP contribution in [0.15, 0.2) is 18.2 Å². The summed E-state index contributed by atoms with van der Waals surface area (Å²) in [6.45, 7) is 8.42. The Morgan fingerprint density at radius 3 is 2.32 bits per heavy atom. The molecule has 25 heavy (non-hydrogen) atoms. The zero-order chi connectivity index (χ0) is 17.8. The number of piperidine rings is 2. The summed E-state index contributed by atoms with van der Waals surface area (Å²) in [5.41, 5.74) is 2.27. The van der Waals surface area contributed by atoms with Crippen LogP contribution in [0.4, 0.5) is 4.39 Å². The molecule has 138 valence electrons. The largest absolute Gasteiger partial charge is 0.343 e. The van der Waals surface area contributed by atoms with Gasteiger partial charge in [0.25, 0.3) is 0 Å². The van der Waals surface area contributed by atoms with E-state index in [2.05, 4.69) is 17.1 Å². The van der Waals surface area contributed by atoms with Crippen molar-refractivity contribution in [2.24, 2.45) is 0 Å². The molecule has 0 aliphatic carbocycles. The molecule has 4 nitrogen and oxygen atoms in total. The Morgan fingerprint density at radius 1 is 1.12 bits per heavy atom. The van der Waals surface area contributed by atoms with Crippen LogP contribution in [0.1, 0.15) is 43.7 Å². The second-order valence-electron chi connectivity index (χ2n) is 7.57. The minimum atomic E-state index is -0.144. The van der Waals surface area contributed by atoms with Gasteiger partial charge in [0, 0.05) is 38.6 Å². The Kier molecular flexibility index (Phi) is 6.07. The monoisotopic (exact) mass is 347 g/mol. The lowest BCUT2D eigenvalue weighted by Crippen LogP contribution is -2.50. The number of amides is 1. The Hall–Kier alpha value is -1.46. The van der Waals surface area contributed by atoms with Crippen LogP contribution in [0.25, 0.3) is 0 Å². The third kappa shape index (κ3) is 5.02. The summed E-state index contributed by atoms with van der Waals surface area (Å²) in [5, 5.41) is 3.80. The van der Waals surface area contributed by atoms with Crippen molar-refractivity contribution in [3.8, 4) is 0 Å². The maximum absolute atomic E-state index is 13.4. The molecule has 2 aliphatic rings. The van der Waals surface area contributed by atoms with Gasteiger partial charge in [-0.15, -0.1) is 0 Å². The summed E-state index contributed by atoms with van der Waals surface area (Å²) in [6, 6.07) is 6.18. The van der Waals surface area contributed by atoms with Crippen LogP contribution >= 0.6 is 0 Å². The van der Waals surface area contributed by atoms with E-state index in [1.165, 1.54) is 11.6 Å². The third-order valence-corrected chi connectivity index (χ3v) is 5.70. The Balaban J connectivity index is 1.42. The number of aryl methyl sites for hydroxylation is 1. The van der Waals surface area contributed by atoms with Crippen molar-refractivity contribution in [3.63, 3.8) is 0 Å². The first-order valence-electron chi connectivity index (χ1n) is 9.50. The van der Waals surface area contributed by atoms with Crippen LogP contribution in [0.5, 0.6) is 0 Å². The fraction of sp³-hybridized carbons (Fsp3) is 0.650. The fourth-order valence-corrected chi connectivity index (χ4v) is 4.00. The van der Waals surface area contributed by atoms with E-state index in [1.54, 1.807) is 13.0 Å². The maximum atomic E-state index is 13.4. The molecule has 0 unspecified atom stereocenters. The SMILES string of the molecule is CC(=O)N1CCC(NC2CCN(Cc3cc(F)ccc3C)CC2)CC1. The molecule has 5 heteroatoms. The standard InChI is InChI=1S/C20H30FN3O/c1-15-3-4-18(21)13-17(15)14-23-9-5-19(6-10-23)22-20-7-11-24(12-8-20)16(2)25/h3-4,13,19-20,22H,5-12,14H2,1-2H3. The number of rotatable bonds is 4. The van der Waals surface area contributed by atoms with Crippen molar-refractivity contribution in [3.05, 3.63) is 35.1 Å². The van der Waals surface area contributed by atoms with Crippen LogP contribution in [0, 0.1) is 12.7 Å². The van der Waals surface area contributed by atoms with Crippen molar-refractivity contribution < 1.29 is 9.18 Å². The molecule has 0 aromatic heterocycles. The molecule has 2 heterocycles. The summed E-state index contributed by atoms with van der Waals surface area (Å²) in [4.78, 5) is 15.8. The van der Waals surface area contributed by atoms with Crippen LogP contribution in [-0.2, 0) is 11.3 Å². The van der Waals surface area contributed by atoms with Gasteiger partial charge in [-0.2, -0.15) is 0 Å². The number of carbonyl (C=O) groups is 1. The highest BCUT2D eigenvalue weighted by Crippen LogP contribution is 2.19. The number of likely N-dealkylation sites (tertiary alicyclic amines) is 2. The molecular formula is C20H30FN3O. The van der Waals surface area contributed by atoms with Gasteiger partial charge in [-0.25, -0.2) is 4.39 Å². The lowest BCUT2D eigenvalue weighted by molar-refractivity contribution is -0.129. The molecular weight excluding hydrogens is 317 g/mol. The topological polar surface area (TPSA) is 35.6 Å². The molecule has 0 saturated carbocycles. The zero-order valence-electron chi connectivity index (χ0n) is 15.4. The average molecular weight is 347 g/mol. The minimum Gasteiger partial charge on any atom is -0.343 e. The predicted octanol–water partition coefficient (Wildman–Crippen LogP) is 2.70. The third-order valence-electron chi connectivity index (χ3n) is 5.70. The van der Waals surface area contributed by atoms with E-state index >= 15 is 0 Å². The van der Waals surface area contributed by atoms with Crippen LogP contribution in [-0.4, -0.2) is 54.0 Å². The first-order chi connectivity index (χ1) is 12.0. The Labute approximate surface area is 150 Å². The highest BCUT2D eigenvalue weighted by atomic mass is 19.1. The molecule has 1 aromatic carbocycles. The summed E-state index contributed by atoms with van der Waals surface area (Å²) in [5.74, 6) is 0.0495. The number of hydrogen-bond donors (Lipinski definition) is 1. The normalized spacial score (nSPS) is 20.8. The molecule has 1 aromatic rings. The van der Waals surface area contributed by atoms with E-state index < -0.39 is 0 Å². The fourth-order valence-electron chi connectivity index (χ4n) is 4.00. The molecule has 0 bridgehead atoms. The molecule has 2 aliphatic heterocycles. The lowest BCUT2D eigenvalue weighted by atomic mass is 9.99. The van der Waals surface area contributed by atoms with Crippen molar-refractivity contribution in [1.29, 1.82) is 0 Å². The number of halogens is 1. The molecule has 1 N–H and O–H groups in total. The van der Waals surface area contributed by atoms with Crippen LogP contribution in [0.3, 0.4) is 0 Å². The van der Waals surface area contributed by atoms with E-state index in [4.69, 9.17) is 0 Å². The minimum absolute atomic E-state index is 0.144. The number of hydrogen-bond acceptors (Lipinski definition) is 3. The predicted molar refractivity (Wildman–Crippen MR) is 97.8 cm³/mol. The molecule has 3 rings (SSSR count). The van der Waals surface area contributed by atoms with Crippen LogP contribution in [0.2, 0.25) is 0 Å². The van der Waals surface area contributed by atoms with Gasteiger partial charge in [-0.1, -0.05) is 6.07 Å². The summed E-state index contributed by atoms with van der Waals surface area (Å²) in [6.07, 6.45) is 4.40. The van der Waals surface area contributed by atoms with Gasteiger partial charge >= 0.3 is 0 Å². The summed E-state index contributed by atoms with van der Waals surface area (Å²) >= 11 is 0. The lowest BCUT2D eigenvalue weighted by Gasteiger charge is -2.37. The Morgan fingerprint density at radius 2 is 1.72 bits per heavy atom. The van der Waals surface area contributed by atoms with Gasteiger partial charge in [0.05, 0.1) is 0 Å². The second-order valence-corrected chi connectivity index (χ2v) is 7.57. The van der Waals surface area contributed by atoms with Crippen molar-refractivity contribution in [2.75, 3.05) is 26.2 Å². The Bertz CT molecular complexity index is 591. The van der Waals surface area contributed by atoms with E-state index in [0.29, 0.717) is 12.1 Å². The molecule has 2 saturated heterocycles. The summed E-state index contributed by atoms with van der Waals surface area (Å²) < 4.78 is 13.4. The first kappa shape index (κ1) is 18.3. The van der Waals surface area contributed by atoms with Gasteiger partial charge in [-0.05, 0) is 69.0 Å². The quantitative estimate of drug-likeness (QED) is 0.910. The van der Waals surface area contributed by atoms with Gasteiger partial charge in [-0.3, -0.25) is 9.69 Å². The number of benzene rings is 1. The molecule has 2 fully saturated rings. The first-order valence-corrected chi connectivity index (χ1v) is 9.50. The van der Waals surface area contributed by atoms with E-state index in [-0.39, 0.29) is 11.7 Å². The van der Waals surface area contributed by atoms with Gasteiger partial charge in [0.1, 0.15) is 5.82 Å². The van der Waals surface area contributed by atoms with Crippen molar-refractivity contribution >= 4 is 5.91 Å². The number of carbonyl (C=O) groups excluding carboxylic acids is 1. The van der Waals surface area contributed by atoms with Gasteiger partial charge in [0.2, 0.25) is 5.91 Å². The zero-order valence-corrected chi connectivity index (χ0v) is 15.4. The number of nitrogens with one attached hydrogen (secondary N) is 1. The van der Waals surface area contributed by atoms with E-state index in [0.717, 1.165) is 64.0 Å². The van der Waals surface area contributed by atoms with Crippen molar-refractivity contribution in [2.45, 2.75) is 58.2 Å². The highest BCUT2D eigenvalue weighted by molar-refractivity contribution is 5.73. The molecule has 0 radical (unpaired) electrons. The van der Waals surface area contributed by atoms with Crippen molar-refractivity contribution in [1.82, 2.24) is 15.1 Å². The van der Waals surface area contributed by atoms with E-state index in [9.17, 15) is 9.18 Å².